The van der Waals surface area contributed by atoms with Crippen molar-refractivity contribution in [1.82, 2.24) is 9.97 Å². The first-order valence-electron chi connectivity index (χ1n) is 5.98. The van der Waals surface area contributed by atoms with Crippen LogP contribution in [-0.2, 0) is 0 Å². The lowest BCUT2D eigenvalue weighted by Crippen LogP contribution is -2.27. The van der Waals surface area contributed by atoms with Crippen LogP contribution in [0, 0.1) is 17.8 Å². The second-order valence-corrected chi connectivity index (χ2v) is 5.05. The van der Waals surface area contributed by atoms with E-state index >= 15 is 0 Å². The molecule has 1 aromatic heterocycles. The molecular formula is C13H18N2O. The number of Topliss-reactive ketones (excluding diaryl/α,β-unsaturated/α-hetero) is 1. The van der Waals surface area contributed by atoms with Crippen LogP contribution in [0.15, 0.2) is 18.5 Å². The first-order chi connectivity index (χ1) is 7.66. The third-order valence-corrected chi connectivity index (χ3v) is 3.34. The van der Waals surface area contributed by atoms with Crippen LogP contribution in [0.2, 0.25) is 0 Å². The van der Waals surface area contributed by atoms with E-state index in [1.54, 1.807) is 18.5 Å². The van der Waals surface area contributed by atoms with Crippen molar-refractivity contribution in [2.75, 3.05) is 0 Å². The first kappa shape index (κ1) is 11.2. The number of hydrogen-bond acceptors (Lipinski definition) is 3. The molecule has 16 heavy (non-hydrogen) atoms. The average Bonchev–Trinajstić information content (AvgIpc) is 2.28. The van der Waals surface area contributed by atoms with E-state index in [9.17, 15) is 4.79 Å². The zero-order valence-corrected chi connectivity index (χ0v) is 9.89. The van der Waals surface area contributed by atoms with E-state index < -0.39 is 0 Å². The summed E-state index contributed by atoms with van der Waals surface area (Å²) in [5.74, 6) is 1.91. The van der Waals surface area contributed by atoms with Gasteiger partial charge in [-0.05, 0) is 37.2 Å². The van der Waals surface area contributed by atoms with Crippen LogP contribution in [-0.4, -0.2) is 15.8 Å². The number of carbonyl (C=O) groups excluding carboxylic acids is 1. The highest BCUT2D eigenvalue weighted by atomic mass is 16.1. The molecule has 0 spiro atoms. The van der Waals surface area contributed by atoms with Crippen LogP contribution in [0.3, 0.4) is 0 Å². The van der Waals surface area contributed by atoms with Crippen molar-refractivity contribution in [3.63, 3.8) is 0 Å². The quantitative estimate of drug-likeness (QED) is 0.717. The Morgan fingerprint density at radius 3 is 2.25 bits per heavy atom. The lowest BCUT2D eigenvalue weighted by atomic mass is 9.75. The van der Waals surface area contributed by atoms with E-state index in [0.717, 1.165) is 12.8 Å². The van der Waals surface area contributed by atoms with Crippen molar-refractivity contribution in [3.05, 3.63) is 24.3 Å². The summed E-state index contributed by atoms with van der Waals surface area (Å²) in [6.07, 6.45) is 6.48. The molecule has 0 aliphatic heterocycles. The van der Waals surface area contributed by atoms with Gasteiger partial charge in [-0.1, -0.05) is 13.8 Å². The van der Waals surface area contributed by atoms with Crippen LogP contribution in [0.25, 0.3) is 0 Å². The number of nitrogens with zero attached hydrogens (tertiary/aromatic N) is 2. The van der Waals surface area contributed by atoms with Gasteiger partial charge in [0, 0.05) is 18.3 Å². The molecule has 1 saturated carbocycles. The topological polar surface area (TPSA) is 42.9 Å². The van der Waals surface area contributed by atoms with E-state index in [4.69, 9.17) is 0 Å². The van der Waals surface area contributed by atoms with Crippen molar-refractivity contribution in [3.8, 4) is 0 Å². The van der Waals surface area contributed by atoms with E-state index in [2.05, 4.69) is 23.8 Å². The van der Waals surface area contributed by atoms with Crippen LogP contribution < -0.4 is 0 Å². The van der Waals surface area contributed by atoms with E-state index in [-0.39, 0.29) is 11.7 Å². The summed E-state index contributed by atoms with van der Waals surface area (Å²) in [4.78, 5) is 20.3. The predicted octanol–water partition coefficient (Wildman–Crippen LogP) is 2.73. The van der Waals surface area contributed by atoms with Crippen LogP contribution >= 0.6 is 0 Å². The molecule has 2 unspecified atom stereocenters. The van der Waals surface area contributed by atoms with Crippen LogP contribution in [0.4, 0.5) is 0 Å². The second-order valence-electron chi connectivity index (χ2n) is 5.05. The zero-order valence-electron chi connectivity index (χ0n) is 9.89. The van der Waals surface area contributed by atoms with Crippen molar-refractivity contribution in [2.24, 2.45) is 17.8 Å². The highest BCUT2D eigenvalue weighted by molar-refractivity contribution is 5.94. The SMILES string of the molecule is CC1CC(C)CC(C(=O)c2ncccn2)C1. The predicted molar refractivity (Wildman–Crippen MR) is 62.0 cm³/mol. The minimum absolute atomic E-state index is 0.124. The Morgan fingerprint density at radius 2 is 1.69 bits per heavy atom. The van der Waals surface area contributed by atoms with Gasteiger partial charge in [0.25, 0.3) is 0 Å². The normalized spacial score (nSPS) is 30.0. The van der Waals surface area contributed by atoms with Gasteiger partial charge in [-0.25, -0.2) is 9.97 Å². The Bertz CT molecular complexity index is 353. The molecule has 1 heterocycles. The van der Waals surface area contributed by atoms with Gasteiger partial charge in [0.1, 0.15) is 0 Å². The van der Waals surface area contributed by atoms with Gasteiger partial charge in [-0.15, -0.1) is 0 Å². The van der Waals surface area contributed by atoms with Gasteiger partial charge in [0.15, 0.2) is 5.82 Å². The third kappa shape index (κ3) is 2.46. The summed E-state index contributed by atoms with van der Waals surface area (Å²) < 4.78 is 0. The smallest absolute Gasteiger partial charge is 0.203 e. The summed E-state index contributed by atoms with van der Waals surface area (Å²) in [6, 6.07) is 1.74. The number of rotatable bonds is 2. The molecular weight excluding hydrogens is 200 g/mol. The standard InChI is InChI=1S/C13H18N2O/c1-9-6-10(2)8-11(7-9)12(16)13-14-4-3-5-15-13/h3-5,9-11H,6-8H2,1-2H3. The Balaban J connectivity index is 2.10. The van der Waals surface area contributed by atoms with E-state index in [1.807, 2.05) is 0 Å². The minimum atomic E-state index is 0.124. The highest BCUT2D eigenvalue weighted by Crippen LogP contribution is 2.34. The van der Waals surface area contributed by atoms with Crippen molar-refractivity contribution >= 4 is 5.78 Å². The molecule has 0 bridgehead atoms. The van der Waals surface area contributed by atoms with Gasteiger partial charge in [0.2, 0.25) is 5.78 Å². The number of carbonyl (C=O) groups is 1. The summed E-state index contributed by atoms with van der Waals surface area (Å²) in [5.41, 5.74) is 0. The Kier molecular flexibility index (Phi) is 3.32. The molecule has 2 rings (SSSR count). The number of ketones is 1. The monoisotopic (exact) mass is 218 g/mol. The minimum Gasteiger partial charge on any atom is -0.290 e. The maximum absolute atomic E-state index is 12.2. The van der Waals surface area contributed by atoms with Gasteiger partial charge in [0.05, 0.1) is 0 Å². The van der Waals surface area contributed by atoms with Crippen molar-refractivity contribution < 1.29 is 4.79 Å². The Morgan fingerprint density at radius 1 is 1.12 bits per heavy atom. The lowest BCUT2D eigenvalue weighted by Gasteiger charge is -2.29. The highest BCUT2D eigenvalue weighted by Gasteiger charge is 2.30. The molecule has 1 fully saturated rings. The molecule has 3 nitrogen and oxygen atoms in total. The fraction of sp³-hybridized carbons (Fsp3) is 0.615. The van der Waals surface area contributed by atoms with Gasteiger partial charge in [-0.2, -0.15) is 0 Å². The molecule has 2 atom stereocenters. The van der Waals surface area contributed by atoms with E-state index in [1.165, 1.54) is 6.42 Å². The van der Waals surface area contributed by atoms with Gasteiger partial charge >= 0.3 is 0 Å². The van der Waals surface area contributed by atoms with Crippen molar-refractivity contribution in [2.45, 2.75) is 33.1 Å². The molecule has 0 amide bonds. The maximum atomic E-state index is 12.2. The molecule has 1 aromatic rings. The first-order valence-corrected chi connectivity index (χ1v) is 5.98. The molecule has 0 N–H and O–H groups in total. The molecule has 1 aliphatic rings. The Labute approximate surface area is 96.3 Å². The second kappa shape index (κ2) is 4.73. The maximum Gasteiger partial charge on any atom is 0.203 e. The molecule has 0 aromatic carbocycles. The van der Waals surface area contributed by atoms with Gasteiger partial charge < -0.3 is 0 Å². The molecule has 86 valence electrons. The van der Waals surface area contributed by atoms with Crippen LogP contribution in [0.1, 0.15) is 43.7 Å². The fourth-order valence-electron chi connectivity index (χ4n) is 2.77. The molecule has 1 aliphatic carbocycles. The number of hydrogen-bond donors (Lipinski definition) is 0. The molecule has 3 heteroatoms. The summed E-state index contributed by atoms with van der Waals surface area (Å²) in [7, 11) is 0. The summed E-state index contributed by atoms with van der Waals surface area (Å²) >= 11 is 0. The number of aromatic nitrogens is 2. The average molecular weight is 218 g/mol. The van der Waals surface area contributed by atoms with Crippen molar-refractivity contribution in [1.29, 1.82) is 0 Å². The third-order valence-electron chi connectivity index (χ3n) is 3.34. The molecule has 0 saturated heterocycles. The zero-order chi connectivity index (χ0) is 11.5. The van der Waals surface area contributed by atoms with Gasteiger partial charge in [-0.3, -0.25) is 4.79 Å². The fourth-order valence-corrected chi connectivity index (χ4v) is 2.77. The lowest BCUT2D eigenvalue weighted by molar-refractivity contribution is 0.0825. The Hall–Kier alpha value is -1.25. The molecule has 0 radical (unpaired) electrons. The summed E-state index contributed by atoms with van der Waals surface area (Å²) in [5, 5.41) is 0. The summed E-state index contributed by atoms with van der Waals surface area (Å²) in [6.45, 7) is 4.45. The largest absolute Gasteiger partial charge is 0.290 e. The van der Waals surface area contributed by atoms with E-state index in [0.29, 0.717) is 17.7 Å². The van der Waals surface area contributed by atoms with Crippen LogP contribution in [0.5, 0.6) is 0 Å².